The van der Waals surface area contributed by atoms with Gasteiger partial charge in [0.25, 0.3) is 5.91 Å². The maximum absolute atomic E-state index is 11.2. The highest BCUT2D eigenvalue weighted by Gasteiger charge is 2.22. The number of rotatable bonds is 1. The molecule has 4 nitrogen and oxygen atoms in total. The summed E-state index contributed by atoms with van der Waals surface area (Å²) in [7, 11) is 0. The van der Waals surface area contributed by atoms with E-state index in [9.17, 15) is 4.79 Å². The SMILES string of the molecule is NC(=O)c1c[nH]c2c1CCc1cnccc1-2. The summed E-state index contributed by atoms with van der Waals surface area (Å²) in [6, 6.07) is 1.97. The molecule has 1 aliphatic rings. The van der Waals surface area contributed by atoms with E-state index in [4.69, 9.17) is 5.73 Å². The van der Waals surface area contributed by atoms with Crippen molar-refractivity contribution < 1.29 is 4.79 Å². The minimum atomic E-state index is -0.366. The van der Waals surface area contributed by atoms with Crippen molar-refractivity contribution in [1.82, 2.24) is 9.97 Å². The van der Waals surface area contributed by atoms with E-state index in [1.54, 1.807) is 12.4 Å². The lowest BCUT2D eigenvalue weighted by Gasteiger charge is -2.16. The number of pyridine rings is 1. The third-order valence-electron chi connectivity index (χ3n) is 3.07. The van der Waals surface area contributed by atoms with E-state index < -0.39 is 0 Å². The molecule has 2 aromatic rings. The number of nitrogens with one attached hydrogen (secondary N) is 1. The molecule has 0 unspecified atom stereocenters. The van der Waals surface area contributed by atoms with Gasteiger partial charge in [-0.2, -0.15) is 0 Å². The Bertz CT molecular complexity index is 571. The molecule has 0 bridgehead atoms. The Morgan fingerprint density at radius 2 is 2.31 bits per heavy atom. The molecule has 1 amide bonds. The number of hydrogen-bond donors (Lipinski definition) is 2. The lowest BCUT2D eigenvalue weighted by molar-refractivity contribution is 0.0999. The Morgan fingerprint density at radius 1 is 1.44 bits per heavy atom. The van der Waals surface area contributed by atoms with Crippen LogP contribution in [0, 0.1) is 0 Å². The molecule has 0 radical (unpaired) electrons. The van der Waals surface area contributed by atoms with Gasteiger partial charge in [-0.1, -0.05) is 0 Å². The monoisotopic (exact) mass is 213 g/mol. The second-order valence-electron chi connectivity index (χ2n) is 3.95. The van der Waals surface area contributed by atoms with Crippen LogP contribution in [0.25, 0.3) is 11.3 Å². The van der Waals surface area contributed by atoms with Crippen LogP contribution in [0.3, 0.4) is 0 Å². The van der Waals surface area contributed by atoms with Gasteiger partial charge < -0.3 is 10.7 Å². The summed E-state index contributed by atoms with van der Waals surface area (Å²) in [6.07, 6.45) is 7.09. The Labute approximate surface area is 92.5 Å². The van der Waals surface area contributed by atoms with Gasteiger partial charge in [-0.15, -0.1) is 0 Å². The minimum Gasteiger partial charge on any atom is -0.366 e. The van der Waals surface area contributed by atoms with Gasteiger partial charge in [-0.05, 0) is 30.0 Å². The predicted molar refractivity (Wildman–Crippen MR) is 59.9 cm³/mol. The number of fused-ring (bicyclic) bond motifs is 3. The number of carbonyl (C=O) groups is 1. The number of aryl methyl sites for hydroxylation is 1. The van der Waals surface area contributed by atoms with E-state index in [2.05, 4.69) is 9.97 Å². The summed E-state index contributed by atoms with van der Waals surface area (Å²) in [5.74, 6) is -0.366. The molecular formula is C12H11N3O. The summed E-state index contributed by atoms with van der Waals surface area (Å²) in [5, 5.41) is 0. The van der Waals surface area contributed by atoms with Gasteiger partial charge in [0.1, 0.15) is 0 Å². The molecule has 0 atom stereocenters. The van der Waals surface area contributed by atoms with Crippen LogP contribution in [0.15, 0.2) is 24.7 Å². The van der Waals surface area contributed by atoms with Crippen LogP contribution in [-0.4, -0.2) is 15.9 Å². The smallest absolute Gasteiger partial charge is 0.250 e. The second kappa shape index (κ2) is 3.20. The van der Waals surface area contributed by atoms with Crippen molar-refractivity contribution in [2.24, 2.45) is 5.73 Å². The highest BCUT2D eigenvalue weighted by atomic mass is 16.1. The quantitative estimate of drug-likeness (QED) is 0.748. The summed E-state index contributed by atoms with van der Waals surface area (Å²) in [5.41, 5.74) is 10.3. The zero-order valence-electron chi connectivity index (χ0n) is 8.66. The van der Waals surface area contributed by atoms with Crippen LogP contribution in [0.4, 0.5) is 0 Å². The van der Waals surface area contributed by atoms with Gasteiger partial charge in [0.2, 0.25) is 0 Å². The Kier molecular flexibility index (Phi) is 1.83. The van der Waals surface area contributed by atoms with Crippen LogP contribution in [0.2, 0.25) is 0 Å². The zero-order chi connectivity index (χ0) is 11.1. The number of nitrogens with two attached hydrogens (primary N) is 1. The molecule has 0 spiro atoms. The van der Waals surface area contributed by atoms with Crippen LogP contribution in [0.5, 0.6) is 0 Å². The first-order valence-corrected chi connectivity index (χ1v) is 5.20. The van der Waals surface area contributed by atoms with Crippen molar-refractivity contribution in [2.45, 2.75) is 12.8 Å². The topological polar surface area (TPSA) is 71.8 Å². The van der Waals surface area contributed by atoms with Gasteiger partial charge in [0, 0.05) is 29.8 Å². The fraction of sp³-hybridized carbons (Fsp3) is 0.167. The molecule has 1 aliphatic carbocycles. The lowest BCUT2D eigenvalue weighted by Crippen LogP contribution is -2.14. The molecule has 4 heteroatoms. The maximum Gasteiger partial charge on any atom is 0.250 e. The number of primary amides is 1. The second-order valence-corrected chi connectivity index (χ2v) is 3.95. The number of aromatic amines is 1. The highest BCUT2D eigenvalue weighted by Crippen LogP contribution is 2.33. The standard InChI is InChI=1S/C12H11N3O/c13-12(16)10-6-15-11-8-3-4-14-5-7(8)1-2-9(10)11/h3-6,15H,1-2H2,(H2,13,16). The van der Waals surface area contributed by atoms with Crippen molar-refractivity contribution in [2.75, 3.05) is 0 Å². The van der Waals surface area contributed by atoms with Gasteiger partial charge in [0.05, 0.1) is 5.56 Å². The normalized spacial score (nSPS) is 13.0. The first-order chi connectivity index (χ1) is 7.77. The Morgan fingerprint density at radius 3 is 3.12 bits per heavy atom. The summed E-state index contributed by atoms with van der Waals surface area (Å²) in [6.45, 7) is 0. The number of aromatic nitrogens is 2. The summed E-state index contributed by atoms with van der Waals surface area (Å²) in [4.78, 5) is 18.5. The molecule has 0 aliphatic heterocycles. The third-order valence-corrected chi connectivity index (χ3v) is 3.07. The van der Waals surface area contributed by atoms with Gasteiger partial charge in [0.15, 0.2) is 0 Å². The van der Waals surface area contributed by atoms with E-state index in [-0.39, 0.29) is 5.91 Å². The van der Waals surface area contributed by atoms with E-state index >= 15 is 0 Å². The fourth-order valence-corrected chi connectivity index (χ4v) is 2.30. The van der Waals surface area contributed by atoms with Crippen LogP contribution in [0.1, 0.15) is 21.5 Å². The molecule has 3 rings (SSSR count). The third kappa shape index (κ3) is 1.16. The molecule has 3 N–H and O–H groups in total. The van der Waals surface area contributed by atoms with Crippen LogP contribution in [-0.2, 0) is 12.8 Å². The first-order valence-electron chi connectivity index (χ1n) is 5.20. The largest absolute Gasteiger partial charge is 0.366 e. The maximum atomic E-state index is 11.2. The van der Waals surface area contributed by atoms with Crippen molar-refractivity contribution in [1.29, 1.82) is 0 Å². The lowest BCUT2D eigenvalue weighted by atomic mass is 9.90. The molecular weight excluding hydrogens is 202 g/mol. The Hall–Kier alpha value is -2.10. The van der Waals surface area contributed by atoms with E-state index in [1.807, 2.05) is 12.3 Å². The molecule has 16 heavy (non-hydrogen) atoms. The predicted octanol–water partition coefficient (Wildman–Crippen LogP) is 1.27. The fourth-order valence-electron chi connectivity index (χ4n) is 2.30. The Balaban J connectivity index is 2.23. The molecule has 2 heterocycles. The van der Waals surface area contributed by atoms with Crippen molar-refractivity contribution in [3.63, 3.8) is 0 Å². The van der Waals surface area contributed by atoms with Gasteiger partial charge >= 0.3 is 0 Å². The molecule has 0 fully saturated rings. The zero-order valence-corrected chi connectivity index (χ0v) is 8.66. The van der Waals surface area contributed by atoms with Crippen molar-refractivity contribution in [3.05, 3.63) is 41.3 Å². The molecule has 0 saturated carbocycles. The molecule has 0 aromatic carbocycles. The number of hydrogen-bond acceptors (Lipinski definition) is 2. The minimum absolute atomic E-state index is 0.366. The van der Waals surface area contributed by atoms with E-state index in [1.165, 1.54) is 5.56 Å². The summed E-state index contributed by atoms with van der Waals surface area (Å²) >= 11 is 0. The number of amides is 1. The van der Waals surface area contributed by atoms with Crippen molar-refractivity contribution >= 4 is 5.91 Å². The first kappa shape index (κ1) is 9.15. The molecule has 0 saturated heterocycles. The number of H-pyrrole nitrogens is 1. The number of carbonyl (C=O) groups excluding carboxylic acids is 1. The molecule has 80 valence electrons. The van der Waals surface area contributed by atoms with Gasteiger partial charge in [-0.3, -0.25) is 9.78 Å². The van der Waals surface area contributed by atoms with Crippen molar-refractivity contribution in [3.8, 4) is 11.3 Å². The average Bonchev–Trinajstić information content (AvgIpc) is 2.73. The summed E-state index contributed by atoms with van der Waals surface area (Å²) < 4.78 is 0. The highest BCUT2D eigenvalue weighted by molar-refractivity contribution is 5.96. The van der Waals surface area contributed by atoms with Crippen LogP contribution >= 0.6 is 0 Å². The average molecular weight is 213 g/mol. The van der Waals surface area contributed by atoms with Crippen LogP contribution < -0.4 is 5.73 Å². The van der Waals surface area contributed by atoms with E-state index in [0.29, 0.717) is 5.56 Å². The van der Waals surface area contributed by atoms with Gasteiger partial charge in [-0.25, -0.2) is 0 Å². The number of nitrogens with zero attached hydrogens (tertiary/aromatic N) is 1. The van der Waals surface area contributed by atoms with E-state index in [0.717, 1.165) is 29.7 Å². The molecule has 2 aromatic heterocycles.